The molecule has 0 aliphatic rings. The Morgan fingerprint density at radius 3 is 2.08 bits per heavy atom. The number of esters is 1. The summed E-state index contributed by atoms with van der Waals surface area (Å²) in [6.07, 6.45) is 5.68. The summed E-state index contributed by atoms with van der Waals surface area (Å²) in [7, 11) is 0. The van der Waals surface area contributed by atoms with Crippen LogP contribution >= 0.6 is 0 Å². The molecular formula is C21H25NO4. The number of carbonyl (C=O) groups is 1. The van der Waals surface area contributed by atoms with Crippen LogP contribution in [0.4, 0.5) is 5.69 Å². The van der Waals surface area contributed by atoms with Crippen LogP contribution in [0, 0.1) is 10.1 Å². The average Bonchev–Trinajstić information content (AvgIpc) is 2.67. The molecule has 5 heteroatoms. The molecule has 0 N–H and O–H groups in total. The Balaban J connectivity index is 1.72. The van der Waals surface area contributed by atoms with E-state index in [0.717, 1.165) is 43.2 Å². The van der Waals surface area contributed by atoms with Crippen LogP contribution in [-0.4, -0.2) is 17.5 Å². The Morgan fingerprint density at radius 1 is 0.923 bits per heavy atom. The zero-order valence-electron chi connectivity index (χ0n) is 15.1. The van der Waals surface area contributed by atoms with Crippen molar-refractivity contribution in [1.29, 1.82) is 0 Å². The van der Waals surface area contributed by atoms with Gasteiger partial charge in [0.15, 0.2) is 0 Å². The van der Waals surface area contributed by atoms with E-state index in [-0.39, 0.29) is 16.6 Å². The summed E-state index contributed by atoms with van der Waals surface area (Å²) < 4.78 is 5.06. The quantitative estimate of drug-likeness (QED) is 0.250. The van der Waals surface area contributed by atoms with Crippen molar-refractivity contribution in [3.05, 3.63) is 64.2 Å². The highest BCUT2D eigenvalue weighted by molar-refractivity contribution is 5.68. The molecule has 26 heavy (non-hydrogen) atoms. The maximum atomic E-state index is 11.0. The van der Waals surface area contributed by atoms with Gasteiger partial charge in [-0.3, -0.25) is 14.9 Å². The topological polar surface area (TPSA) is 69.4 Å². The van der Waals surface area contributed by atoms with Crippen molar-refractivity contribution in [2.75, 3.05) is 6.61 Å². The first-order valence-corrected chi connectivity index (χ1v) is 9.09. The van der Waals surface area contributed by atoms with Crippen LogP contribution in [0.3, 0.4) is 0 Å². The zero-order chi connectivity index (χ0) is 18.8. The number of nitro benzene ring substituents is 1. The van der Waals surface area contributed by atoms with Crippen LogP contribution in [-0.2, 0) is 16.0 Å². The van der Waals surface area contributed by atoms with Crippen molar-refractivity contribution in [3.63, 3.8) is 0 Å². The fraction of sp³-hybridized carbons (Fsp3) is 0.381. The molecule has 5 nitrogen and oxygen atoms in total. The first-order valence-electron chi connectivity index (χ1n) is 9.09. The van der Waals surface area contributed by atoms with Gasteiger partial charge in [0.25, 0.3) is 5.69 Å². The average molecular weight is 355 g/mol. The summed E-state index contributed by atoms with van der Waals surface area (Å²) in [5.74, 6) is -0.127. The largest absolute Gasteiger partial charge is 0.466 e. The number of nitro groups is 1. The second-order valence-corrected chi connectivity index (χ2v) is 6.24. The number of hydrogen-bond acceptors (Lipinski definition) is 4. The Bertz CT molecular complexity index is 708. The lowest BCUT2D eigenvalue weighted by molar-refractivity contribution is -0.384. The van der Waals surface area contributed by atoms with Gasteiger partial charge in [-0.25, -0.2) is 0 Å². The van der Waals surface area contributed by atoms with Gasteiger partial charge in [0.05, 0.1) is 11.5 Å². The third kappa shape index (κ3) is 6.31. The molecule has 0 heterocycles. The molecule has 0 saturated heterocycles. The number of unbranched alkanes of at least 4 members (excludes halogenated alkanes) is 3. The monoisotopic (exact) mass is 355 g/mol. The number of carbonyl (C=O) groups excluding carboxylic acids is 1. The number of hydrogen-bond donors (Lipinski definition) is 0. The molecule has 0 fully saturated rings. The number of ether oxygens (including phenoxy) is 1. The molecule has 138 valence electrons. The maximum absolute atomic E-state index is 11.0. The molecular weight excluding hydrogens is 330 g/mol. The van der Waals surface area contributed by atoms with Gasteiger partial charge < -0.3 is 4.74 Å². The molecule has 2 aromatic carbocycles. The predicted molar refractivity (Wildman–Crippen MR) is 102 cm³/mol. The molecule has 0 radical (unpaired) electrons. The molecule has 0 amide bonds. The highest BCUT2D eigenvalue weighted by Gasteiger charge is 2.05. The second kappa shape index (κ2) is 10.3. The van der Waals surface area contributed by atoms with Gasteiger partial charge in [0.2, 0.25) is 0 Å². The fourth-order valence-electron chi connectivity index (χ4n) is 2.71. The molecule has 2 aromatic rings. The zero-order valence-corrected chi connectivity index (χ0v) is 15.1. The Morgan fingerprint density at radius 2 is 1.50 bits per heavy atom. The molecule has 0 aromatic heterocycles. The van der Waals surface area contributed by atoms with E-state index < -0.39 is 0 Å². The predicted octanol–water partition coefficient (Wildman–Crippen LogP) is 5.32. The molecule has 0 saturated carbocycles. The smallest absolute Gasteiger partial charge is 0.305 e. The SMILES string of the molecule is CCC(=O)OCCCCCCc1ccc(-c2ccc([N+](=O)[O-])cc2)cc1. The first-order chi connectivity index (χ1) is 12.6. The van der Waals surface area contributed by atoms with E-state index in [1.54, 1.807) is 19.1 Å². The van der Waals surface area contributed by atoms with E-state index in [1.807, 2.05) is 0 Å². The number of aryl methyl sites for hydroxylation is 1. The van der Waals surface area contributed by atoms with Gasteiger partial charge in [-0.05, 0) is 48.1 Å². The summed E-state index contributed by atoms with van der Waals surface area (Å²) in [6.45, 7) is 2.33. The van der Waals surface area contributed by atoms with E-state index in [9.17, 15) is 14.9 Å². The van der Waals surface area contributed by atoms with E-state index in [4.69, 9.17) is 4.74 Å². The van der Waals surface area contributed by atoms with E-state index in [0.29, 0.717) is 13.0 Å². The minimum atomic E-state index is -0.388. The van der Waals surface area contributed by atoms with Crippen molar-refractivity contribution in [3.8, 4) is 11.1 Å². The number of non-ortho nitro benzene ring substituents is 1. The Kier molecular flexibility index (Phi) is 7.80. The lowest BCUT2D eigenvalue weighted by atomic mass is 10.0. The van der Waals surface area contributed by atoms with Crippen LogP contribution in [0.15, 0.2) is 48.5 Å². The third-order valence-corrected chi connectivity index (χ3v) is 4.28. The molecule has 0 aliphatic heterocycles. The fourth-order valence-corrected chi connectivity index (χ4v) is 2.71. The van der Waals surface area contributed by atoms with Crippen LogP contribution in [0.5, 0.6) is 0 Å². The standard InChI is InChI=1S/C21H25NO4/c1-2-21(23)26-16-6-4-3-5-7-17-8-10-18(11-9-17)19-12-14-20(15-13-19)22(24)25/h8-15H,2-7,16H2,1H3. The summed E-state index contributed by atoms with van der Waals surface area (Å²) in [5.41, 5.74) is 3.42. The van der Waals surface area contributed by atoms with Crippen LogP contribution < -0.4 is 0 Å². The van der Waals surface area contributed by atoms with E-state index >= 15 is 0 Å². The Labute approximate surface area is 154 Å². The van der Waals surface area contributed by atoms with Gasteiger partial charge in [-0.2, -0.15) is 0 Å². The van der Waals surface area contributed by atoms with Gasteiger partial charge in [0.1, 0.15) is 0 Å². The number of nitrogens with zero attached hydrogens (tertiary/aromatic N) is 1. The van der Waals surface area contributed by atoms with Gasteiger partial charge in [-0.1, -0.05) is 44.0 Å². The second-order valence-electron chi connectivity index (χ2n) is 6.24. The molecule has 0 bridgehead atoms. The van der Waals surface area contributed by atoms with Crippen molar-refractivity contribution in [1.82, 2.24) is 0 Å². The van der Waals surface area contributed by atoms with E-state index in [2.05, 4.69) is 24.3 Å². The van der Waals surface area contributed by atoms with E-state index in [1.165, 1.54) is 17.7 Å². The third-order valence-electron chi connectivity index (χ3n) is 4.28. The number of rotatable bonds is 10. The molecule has 0 spiro atoms. The minimum Gasteiger partial charge on any atom is -0.466 e. The number of benzene rings is 2. The van der Waals surface area contributed by atoms with Crippen molar-refractivity contribution in [2.45, 2.75) is 45.4 Å². The summed E-state index contributed by atoms with van der Waals surface area (Å²) in [4.78, 5) is 21.3. The molecule has 2 rings (SSSR count). The maximum Gasteiger partial charge on any atom is 0.305 e. The first kappa shape index (κ1) is 19.6. The lowest BCUT2D eigenvalue weighted by Crippen LogP contribution is -2.03. The summed E-state index contributed by atoms with van der Waals surface area (Å²) in [5, 5.41) is 10.7. The summed E-state index contributed by atoms with van der Waals surface area (Å²) >= 11 is 0. The molecule has 0 unspecified atom stereocenters. The lowest BCUT2D eigenvalue weighted by Gasteiger charge is -2.06. The van der Waals surface area contributed by atoms with Crippen LogP contribution in [0.1, 0.15) is 44.6 Å². The molecule has 0 aliphatic carbocycles. The Hall–Kier alpha value is -2.69. The van der Waals surface area contributed by atoms with Crippen molar-refractivity contribution >= 4 is 11.7 Å². The highest BCUT2D eigenvalue weighted by atomic mass is 16.6. The molecule has 0 atom stereocenters. The normalized spacial score (nSPS) is 10.5. The van der Waals surface area contributed by atoms with Crippen LogP contribution in [0.2, 0.25) is 0 Å². The van der Waals surface area contributed by atoms with Gasteiger partial charge in [-0.15, -0.1) is 0 Å². The van der Waals surface area contributed by atoms with Crippen molar-refractivity contribution < 1.29 is 14.5 Å². The van der Waals surface area contributed by atoms with Crippen molar-refractivity contribution in [2.24, 2.45) is 0 Å². The van der Waals surface area contributed by atoms with Crippen LogP contribution in [0.25, 0.3) is 11.1 Å². The van der Waals surface area contributed by atoms with Gasteiger partial charge in [0, 0.05) is 18.6 Å². The minimum absolute atomic E-state index is 0.106. The highest BCUT2D eigenvalue weighted by Crippen LogP contribution is 2.23. The van der Waals surface area contributed by atoms with Gasteiger partial charge >= 0.3 is 5.97 Å². The summed E-state index contributed by atoms with van der Waals surface area (Å²) in [6, 6.07) is 14.9.